The highest BCUT2D eigenvalue weighted by molar-refractivity contribution is 8.00. The molecular formula is C19H19Cl2FO5S. The Morgan fingerprint density at radius 3 is 2.46 bits per heavy atom. The summed E-state index contributed by atoms with van der Waals surface area (Å²) in [6.45, 7) is -0.395. The quantitative estimate of drug-likeness (QED) is 0.561. The first kappa shape index (κ1) is 21.6. The van der Waals surface area contributed by atoms with Crippen LogP contribution in [0.5, 0.6) is 5.75 Å². The van der Waals surface area contributed by atoms with Crippen LogP contribution in [0.25, 0.3) is 0 Å². The van der Waals surface area contributed by atoms with Crippen LogP contribution >= 0.6 is 35.0 Å². The van der Waals surface area contributed by atoms with E-state index < -0.39 is 41.4 Å². The molecule has 1 saturated heterocycles. The van der Waals surface area contributed by atoms with Gasteiger partial charge in [0.05, 0.1) is 18.0 Å². The maximum Gasteiger partial charge on any atom is 0.173 e. The van der Waals surface area contributed by atoms with Gasteiger partial charge in [0.15, 0.2) is 5.44 Å². The highest BCUT2D eigenvalue weighted by Gasteiger charge is 2.44. The molecule has 1 aliphatic rings. The third kappa shape index (κ3) is 4.57. The number of hydrogen-bond donors (Lipinski definition) is 4. The van der Waals surface area contributed by atoms with Gasteiger partial charge < -0.3 is 25.2 Å². The van der Waals surface area contributed by atoms with E-state index in [4.69, 9.17) is 27.9 Å². The van der Waals surface area contributed by atoms with Gasteiger partial charge in [-0.3, -0.25) is 0 Å². The van der Waals surface area contributed by atoms with Crippen molar-refractivity contribution in [1.29, 1.82) is 0 Å². The largest absolute Gasteiger partial charge is 0.477 e. The van der Waals surface area contributed by atoms with Crippen molar-refractivity contribution < 1.29 is 29.6 Å². The molecule has 5 atom stereocenters. The van der Waals surface area contributed by atoms with Crippen LogP contribution in [0.2, 0.25) is 10.0 Å². The van der Waals surface area contributed by atoms with Crippen LogP contribution in [0, 0.1) is 5.82 Å². The van der Waals surface area contributed by atoms with Crippen molar-refractivity contribution in [2.75, 3.05) is 6.61 Å². The van der Waals surface area contributed by atoms with Crippen LogP contribution in [-0.2, 0) is 6.42 Å². The van der Waals surface area contributed by atoms with E-state index in [9.17, 15) is 24.8 Å². The summed E-state index contributed by atoms with van der Waals surface area (Å²) in [5.74, 6) is -0.148. The predicted octanol–water partition coefficient (Wildman–Crippen LogP) is 2.62. The van der Waals surface area contributed by atoms with Gasteiger partial charge in [-0.1, -0.05) is 29.3 Å². The molecule has 1 fully saturated rings. The molecule has 9 heteroatoms. The van der Waals surface area contributed by atoms with Gasteiger partial charge in [0.2, 0.25) is 0 Å². The molecule has 152 valence electrons. The lowest BCUT2D eigenvalue weighted by Crippen LogP contribution is -2.55. The summed E-state index contributed by atoms with van der Waals surface area (Å²) >= 11 is 13.2. The standard InChI is InChI=1S/C19H19Cl2FO5S/c20-10-4-5-14(9(6-10)7-11-12(21)2-1-3-13(11)22)27-19-18(26)17(25)16(24)15(8-23)28-19/h1-6,15-19,23-26H,7-8H2. The molecule has 2 aromatic rings. The molecule has 0 aliphatic carbocycles. The molecule has 0 spiro atoms. The number of rotatable bonds is 5. The number of aliphatic hydroxyl groups excluding tert-OH is 4. The normalized spacial score (nSPS) is 27.6. The lowest BCUT2D eigenvalue weighted by molar-refractivity contribution is -0.0910. The fraction of sp³-hybridized carbons (Fsp3) is 0.368. The van der Waals surface area contributed by atoms with E-state index in [0.717, 1.165) is 11.8 Å². The fourth-order valence-corrected chi connectivity index (χ4v) is 4.64. The second kappa shape index (κ2) is 9.17. The SMILES string of the molecule is OCC1SC(Oc2ccc(Cl)cc2Cc2c(F)cccc2Cl)C(O)C(O)C1O. The van der Waals surface area contributed by atoms with Crippen LogP contribution in [0.1, 0.15) is 11.1 Å². The van der Waals surface area contributed by atoms with Gasteiger partial charge in [-0.15, -0.1) is 11.8 Å². The molecule has 0 saturated carbocycles. The number of benzene rings is 2. The second-order valence-corrected chi connectivity index (χ2v) is 8.63. The Labute approximate surface area is 175 Å². The molecule has 28 heavy (non-hydrogen) atoms. The monoisotopic (exact) mass is 448 g/mol. The highest BCUT2D eigenvalue weighted by atomic mass is 35.5. The maximum atomic E-state index is 14.2. The third-order valence-electron chi connectivity index (χ3n) is 4.54. The summed E-state index contributed by atoms with van der Waals surface area (Å²) in [5, 5.41) is 39.5. The molecule has 5 nitrogen and oxygen atoms in total. The van der Waals surface area contributed by atoms with E-state index in [2.05, 4.69) is 0 Å². The Hall–Kier alpha value is -1.06. The molecule has 0 radical (unpaired) electrons. The van der Waals surface area contributed by atoms with Gasteiger partial charge in [0.1, 0.15) is 23.8 Å². The number of thioether (sulfide) groups is 1. The van der Waals surface area contributed by atoms with E-state index in [-0.39, 0.29) is 17.0 Å². The van der Waals surface area contributed by atoms with Gasteiger partial charge >= 0.3 is 0 Å². The Bertz CT molecular complexity index is 818. The van der Waals surface area contributed by atoms with E-state index in [1.807, 2.05) is 0 Å². The maximum absolute atomic E-state index is 14.2. The zero-order valence-electron chi connectivity index (χ0n) is 14.5. The number of hydrogen-bond acceptors (Lipinski definition) is 6. The van der Waals surface area contributed by atoms with Crippen molar-refractivity contribution in [2.24, 2.45) is 0 Å². The Kier molecular flexibility index (Phi) is 7.09. The molecule has 0 aromatic heterocycles. The van der Waals surface area contributed by atoms with Gasteiger partial charge in [-0.2, -0.15) is 0 Å². The molecule has 1 heterocycles. The predicted molar refractivity (Wildman–Crippen MR) is 107 cm³/mol. The highest BCUT2D eigenvalue weighted by Crippen LogP contribution is 2.36. The average Bonchev–Trinajstić information content (AvgIpc) is 2.67. The first-order valence-electron chi connectivity index (χ1n) is 8.50. The van der Waals surface area contributed by atoms with E-state index in [0.29, 0.717) is 16.3 Å². The zero-order valence-corrected chi connectivity index (χ0v) is 16.8. The molecule has 3 rings (SSSR count). The van der Waals surface area contributed by atoms with Crippen LogP contribution in [-0.4, -0.2) is 56.0 Å². The molecule has 0 bridgehead atoms. The van der Waals surface area contributed by atoms with Gasteiger partial charge in [-0.25, -0.2) is 4.39 Å². The number of ether oxygens (including phenoxy) is 1. The van der Waals surface area contributed by atoms with E-state index in [1.54, 1.807) is 24.3 Å². The van der Waals surface area contributed by atoms with Gasteiger partial charge in [0.25, 0.3) is 0 Å². The van der Waals surface area contributed by atoms with Crippen LogP contribution in [0.15, 0.2) is 36.4 Å². The van der Waals surface area contributed by atoms with E-state index >= 15 is 0 Å². The lowest BCUT2D eigenvalue weighted by Gasteiger charge is -2.39. The zero-order chi connectivity index (χ0) is 20.4. The first-order chi connectivity index (χ1) is 13.3. The minimum absolute atomic E-state index is 0.101. The Morgan fingerprint density at radius 2 is 1.79 bits per heavy atom. The van der Waals surface area contributed by atoms with Crippen LogP contribution in [0.3, 0.4) is 0 Å². The smallest absolute Gasteiger partial charge is 0.173 e. The van der Waals surface area contributed by atoms with Crippen molar-refractivity contribution in [3.63, 3.8) is 0 Å². The average molecular weight is 449 g/mol. The fourth-order valence-electron chi connectivity index (χ4n) is 2.98. The molecule has 4 N–H and O–H groups in total. The first-order valence-corrected chi connectivity index (χ1v) is 10.2. The van der Waals surface area contributed by atoms with Gasteiger partial charge in [0, 0.05) is 27.6 Å². The topological polar surface area (TPSA) is 90.2 Å². The van der Waals surface area contributed by atoms with E-state index in [1.165, 1.54) is 12.1 Å². The lowest BCUT2D eigenvalue weighted by atomic mass is 10.0. The number of aliphatic hydroxyl groups is 4. The van der Waals surface area contributed by atoms with Crippen molar-refractivity contribution in [3.8, 4) is 5.75 Å². The van der Waals surface area contributed by atoms with Crippen molar-refractivity contribution in [2.45, 2.75) is 35.4 Å². The summed E-state index contributed by atoms with van der Waals surface area (Å²) in [7, 11) is 0. The summed E-state index contributed by atoms with van der Waals surface area (Å²) in [6.07, 6.45) is -4.04. The van der Waals surface area contributed by atoms with Gasteiger partial charge in [-0.05, 0) is 30.3 Å². The summed E-state index contributed by atoms with van der Waals surface area (Å²) < 4.78 is 20.1. The number of halogens is 3. The van der Waals surface area contributed by atoms with Crippen molar-refractivity contribution in [3.05, 3.63) is 63.4 Å². The van der Waals surface area contributed by atoms with Crippen LogP contribution in [0.4, 0.5) is 4.39 Å². The second-order valence-electron chi connectivity index (χ2n) is 6.44. The minimum atomic E-state index is -1.47. The summed E-state index contributed by atoms with van der Waals surface area (Å²) in [4.78, 5) is 0. The Balaban J connectivity index is 1.89. The molecule has 0 amide bonds. The summed E-state index contributed by atoms with van der Waals surface area (Å²) in [6, 6.07) is 9.15. The Morgan fingerprint density at radius 1 is 1.04 bits per heavy atom. The van der Waals surface area contributed by atoms with Crippen molar-refractivity contribution >= 4 is 35.0 Å². The van der Waals surface area contributed by atoms with Crippen molar-refractivity contribution in [1.82, 2.24) is 0 Å². The third-order valence-corrected chi connectivity index (χ3v) is 6.55. The molecule has 2 aromatic carbocycles. The molecule has 5 unspecified atom stereocenters. The van der Waals surface area contributed by atoms with Crippen LogP contribution < -0.4 is 4.74 Å². The minimum Gasteiger partial charge on any atom is -0.477 e. The molecular weight excluding hydrogens is 430 g/mol. The summed E-state index contributed by atoms with van der Waals surface area (Å²) in [5.41, 5.74) is -0.142. The molecule has 1 aliphatic heterocycles.